The molecule has 0 fully saturated rings. The largest absolute Gasteiger partial charge is 0.452 e. The van der Waals surface area contributed by atoms with Crippen molar-refractivity contribution in [2.24, 2.45) is 0 Å². The summed E-state index contributed by atoms with van der Waals surface area (Å²) in [5.41, 5.74) is 6.40. The van der Waals surface area contributed by atoms with Crippen molar-refractivity contribution in [3.05, 3.63) is 140 Å². The number of para-hydroxylation sites is 2. The van der Waals surface area contributed by atoms with Crippen LogP contribution in [0, 0.1) is 0 Å². The molecule has 0 saturated carbocycles. The number of thiophene rings is 2. The van der Waals surface area contributed by atoms with Crippen molar-refractivity contribution >= 4 is 118 Å². The summed E-state index contributed by atoms with van der Waals surface area (Å²) in [5.74, 6) is 0.636. The fraction of sp³-hybridized carbons (Fsp3) is 0. The van der Waals surface area contributed by atoms with Crippen molar-refractivity contribution < 1.29 is 4.42 Å². The van der Waals surface area contributed by atoms with E-state index in [1.165, 1.54) is 61.9 Å². The zero-order chi connectivity index (χ0) is 32.5. The van der Waals surface area contributed by atoms with Gasteiger partial charge in [-0.15, -0.1) is 22.7 Å². The Morgan fingerprint density at radius 1 is 0.480 bits per heavy atom. The highest BCUT2D eigenvalue weighted by Gasteiger charge is 2.26. The fourth-order valence-electron chi connectivity index (χ4n) is 8.13. The molecule has 0 unspecified atom stereocenters. The van der Waals surface area contributed by atoms with E-state index < -0.39 is 0 Å². The summed E-state index contributed by atoms with van der Waals surface area (Å²) in [6.45, 7) is 0. The molecule has 5 heterocycles. The predicted molar refractivity (Wildman–Crippen MR) is 212 cm³/mol. The molecule has 0 spiro atoms. The van der Waals surface area contributed by atoms with Crippen LogP contribution >= 0.6 is 22.7 Å². The summed E-state index contributed by atoms with van der Waals surface area (Å²) in [4.78, 5) is 11.0. The average Bonchev–Trinajstić information content (AvgIpc) is 3.93. The number of fused-ring (bicyclic) bond motifs is 16. The topological polar surface area (TPSA) is 43.9 Å². The first kappa shape index (κ1) is 26.8. The van der Waals surface area contributed by atoms with Gasteiger partial charge in [-0.25, -0.2) is 9.97 Å². The third-order valence-corrected chi connectivity index (χ3v) is 12.6. The zero-order valence-corrected chi connectivity index (χ0v) is 28.0. The Morgan fingerprint density at radius 2 is 1.10 bits per heavy atom. The van der Waals surface area contributed by atoms with Crippen molar-refractivity contribution in [2.45, 2.75) is 0 Å². The molecule has 0 aliphatic rings. The molecule has 0 aliphatic carbocycles. The van der Waals surface area contributed by atoms with Gasteiger partial charge in [-0.1, -0.05) is 109 Å². The number of rotatable bonds is 2. The van der Waals surface area contributed by atoms with Crippen LogP contribution in [-0.4, -0.2) is 14.5 Å². The summed E-state index contributed by atoms with van der Waals surface area (Å²) < 4.78 is 13.9. The normalized spacial score (nSPS) is 12.4. The molecule has 12 aromatic rings. The molecule has 12 rings (SSSR count). The van der Waals surface area contributed by atoms with E-state index in [0.29, 0.717) is 11.5 Å². The molecule has 0 atom stereocenters. The summed E-state index contributed by atoms with van der Waals surface area (Å²) in [6, 6.07) is 49.7. The van der Waals surface area contributed by atoms with Gasteiger partial charge in [0.15, 0.2) is 5.58 Å². The van der Waals surface area contributed by atoms with E-state index in [0.717, 1.165) is 38.8 Å². The molecule has 6 heteroatoms. The first-order valence-electron chi connectivity index (χ1n) is 16.7. The van der Waals surface area contributed by atoms with Gasteiger partial charge in [0, 0.05) is 57.4 Å². The van der Waals surface area contributed by atoms with Crippen LogP contribution in [0.2, 0.25) is 0 Å². The molecule has 0 saturated heterocycles. The van der Waals surface area contributed by atoms with Gasteiger partial charge in [-0.3, -0.25) is 4.57 Å². The number of aromatic nitrogens is 3. The molecule has 0 aliphatic heterocycles. The fourth-order valence-corrected chi connectivity index (χ4v) is 10.6. The van der Waals surface area contributed by atoms with Crippen LogP contribution in [0.4, 0.5) is 0 Å². The smallest absolute Gasteiger partial charge is 0.236 e. The number of nitrogens with zero attached hydrogens (tertiary/aromatic N) is 3. The number of hydrogen-bond acceptors (Lipinski definition) is 5. The summed E-state index contributed by atoms with van der Waals surface area (Å²) >= 11 is 3.65. The molecule has 0 bridgehead atoms. The maximum atomic E-state index is 6.65. The van der Waals surface area contributed by atoms with Crippen LogP contribution in [0.3, 0.4) is 0 Å². The molecule has 7 aromatic carbocycles. The van der Waals surface area contributed by atoms with E-state index in [1.807, 2.05) is 23.5 Å². The maximum absolute atomic E-state index is 6.65. The van der Waals surface area contributed by atoms with Crippen molar-refractivity contribution in [1.82, 2.24) is 14.5 Å². The van der Waals surface area contributed by atoms with Crippen LogP contribution in [-0.2, 0) is 0 Å². The Balaban J connectivity index is 1.30. The number of benzene rings is 7. The van der Waals surface area contributed by atoms with Gasteiger partial charge in [-0.2, -0.15) is 0 Å². The molecule has 50 heavy (non-hydrogen) atoms. The minimum absolute atomic E-state index is 0.636. The minimum atomic E-state index is 0.636. The van der Waals surface area contributed by atoms with Crippen LogP contribution < -0.4 is 0 Å². The van der Waals surface area contributed by atoms with Gasteiger partial charge in [0.25, 0.3) is 0 Å². The lowest BCUT2D eigenvalue weighted by Crippen LogP contribution is -2.03. The highest BCUT2D eigenvalue weighted by molar-refractivity contribution is 7.27. The molecule has 4 nitrogen and oxygen atoms in total. The second kappa shape index (κ2) is 9.76. The van der Waals surface area contributed by atoms with Crippen molar-refractivity contribution in [3.8, 4) is 17.2 Å². The summed E-state index contributed by atoms with van der Waals surface area (Å²) in [6.07, 6.45) is 0. The third kappa shape index (κ3) is 3.44. The van der Waals surface area contributed by atoms with E-state index in [4.69, 9.17) is 14.4 Å². The SMILES string of the molecule is c1ccc2c(c1)oc1c(-c3cccc4c3sc3ccccc34)nc(-n3c4ccccc4c4c5ccccc5c5c6ccccc6sc5c43)nc12. The molecule has 232 valence electrons. The van der Waals surface area contributed by atoms with Crippen LogP contribution in [0.1, 0.15) is 0 Å². The molecule has 0 N–H and O–H groups in total. The Bertz CT molecular complexity index is 3400. The van der Waals surface area contributed by atoms with Crippen molar-refractivity contribution in [1.29, 1.82) is 0 Å². The molecule has 0 amide bonds. The first-order chi connectivity index (χ1) is 24.8. The average molecular weight is 674 g/mol. The van der Waals surface area contributed by atoms with Crippen molar-refractivity contribution in [3.63, 3.8) is 0 Å². The van der Waals surface area contributed by atoms with Gasteiger partial charge in [0.1, 0.15) is 16.8 Å². The van der Waals surface area contributed by atoms with Gasteiger partial charge in [0.05, 0.1) is 15.7 Å². The third-order valence-electron chi connectivity index (χ3n) is 10.2. The van der Waals surface area contributed by atoms with Gasteiger partial charge >= 0.3 is 0 Å². The Morgan fingerprint density at radius 3 is 1.94 bits per heavy atom. The second-order valence-electron chi connectivity index (χ2n) is 12.9. The van der Waals surface area contributed by atoms with Crippen LogP contribution in [0.5, 0.6) is 0 Å². The second-order valence-corrected chi connectivity index (χ2v) is 15.0. The van der Waals surface area contributed by atoms with Crippen molar-refractivity contribution in [2.75, 3.05) is 0 Å². The standard InChI is InChI=1S/C44H23N3OS2/c1-2-14-26-25(13-1)36-28-15-3-7-20-32(28)47(40(36)43-37(26)30-17-6-10-23-35(30)50-43)44-45-38-29-16-4-8-21-33(29)48-41(38)39(46-44)31-19-11-18-27-24-12-5-9-22-34(24)49-42(27)31/h1-23H. The molecule has 0 radical (unpaired) electrons. The summed E-state index contributed by atoms with van der Waals surface area (Å²) in [7, 11) is 0. The Kier molecular flexibility index (Phi) is 5.23. The maximum Gasteiger partial charge on any atom is 0.236 e. The van der Waals surface area contributed by atoms with Crippen LogP contribution in [0.25, 0.3) is 112 Å². The quantitative estimate of drug-likeness (QED) is 0.183. The van der Waals surface area contributed by atoms with E-state index in [9.17, 15) is 0 Å². The lowest BCUT2D eigenvalue weighted by atomic mass is 9.99. The van der Waals surface area contributed by atoms with E-state index >= 15 is 0 Å². The zero-order valence-electron chi connectivity index (χ0n) is 26.3. The minimum Gasteiger partial charge on any atom is -0.452 e. The van der Waals surface area contributed by atoms with E-state index in [1.54, 1.807) is 11.3 Å². The Labute approximate surface area is 292 Å². The van der Waals surface area contributed by atoms with E-state index in [-0.39, 0.29) is 0 Å². The highest BCUT2D eigenvalue weighted by atomic mass is 32.1. The van der Waals surface area contributed by atoms with Gasteiger partial charge < -0.3 is 4.42 Å². The summed E-state index contributed by atoms with van der Waals surface area (Å²) in [5, 5.41) is 10.9. The lowest BCUT2D eigenvalue weighted by molar-refractivity contribution is 0.666. The first-order valence-corrected chi connectivity index (χ1v) is 18.3. The molecular formula is C44H23N3OS2. The lowest BCUT2D eigenvalue weighted by Gasteiger charge is -2.11. The molecule has 5 aromatic heterocycles. The van der Waals surface area contributed by atoms with Gasteiger partial charge in [0.2, 0.25) is 5.95 Å². The van der Waals surface area contributed by atoms with Gasteiger partial charge in [-0.05, 0) is 41.1 Å². The number of furan rings is 1. The Hall–Kier alpha value is -6.08. The monoisotopic (exact) mass is 673 g/mol. The van der Waals surface area contributed by atoms with Crippen LogP contribution in [0.15, 0.2) is 144 Å². The number of hydrogen-bond donors (Lipinski definition) is 0. The molecular weight excluding hydrogens is 651 g/mol. The highest BCUT2D eigenvalue weighted by Crippen LogP contribution is 2.48. The van der Waals surface area contributed by atoms with E-state index in [2.05, 4.69) is 132 Å². The predicted octanol–water partition coefficient (Wildman–Crippen LogP) is 13.0.